The predicted molar refractivity (Wildman–Crippen MR) is 117 cm³/mol. The number of amides is 1. The van der Waals surface area contributed by atoms with E-state index >= 15 is 0 Å². The quantitative estimate of drug-likeness (QED) is 0.637. The van der Waals surface area contributed by atoms with Gasteiger partial charge >= 0.3 is 0 Å². The van der Waals surface area contributed by atoms with Crippen LogP contribution in [0.1, 0.15) is 45.2 Å². The molecule has 7 nitrogen and oxygen atoms in total. The fraction of sp³-hybridized carbons (Fsp3) is 0.333. The Bertz CT molecular complexity index is 1160. The molecular formula is C24H26N4O3. The summed E-state index contributed by atoms with van der Waals surface area (Å²) in [6.45, 7) is 2.60. The first-order valence-corrected chi connectivity index (χ1v) is 10.5. The molecule has 0 radical (unpaired) electrons. The van der Waals surface area contributed by atoms with E-state index in [1.54, 1.807) is 17.8 Å². The van der Waals surface area contributed by atoms with Gasteiger partial charge < -0.3 is 14.6 Å². The fourth-order valence-electron chi connectivity index (χ4n) is 3.91. The molecule has 1 aliphatic carbocycles. The smallest absolute Gasteiger partial charge is 0.271 e. The summed E-state index contributed by atoms with van der Waals surface area (Å²) < 4.78 is 7.37. The minimum absolute atomic E-state index is 0.0518. The highest BCUT2D eigenvalue weighted by Crippen LogP contribution is 2.22. The highest BCUT2D eigenvalue weighted by molar-refractivity contribution is 5.95. The summed E-state index contributed by atoms with van der Waals surface area (Å²) in [5.74, 6) is 0.429. The van der Waals surface area contributed by atoms with Gasteiger partial charge in [-0.05, 0) is 37.3 Å². The molecule has 0 unspecified atom stereocenters. The highest BCUT2D eigenvalue weighted by atomic mass is 16.5. The van der Waals surface area contributed by atoms with Crippen molar-refractivity contribution in [2.75, 3.05) is 6.54 Å². The van der Waals surface area contributed by atoms with Crippen LogP contribution in [0.4, 0.5) is 0 Å². The first-order chi connectivity index (χ1) is 15.0. The molecule has 7 heteroatoms. The van der Waals surface area contributed by atoms with E-state index in [9.17, 15) is 9.59 Å². The lowest BCUT2D eigenvalue weighted by Gasteiger charge is -2.14. The van der Waals surface area contributed by atoms with Crippen LogP contribution in [-0.2, 0) is 32.9 Å². The van der Waals surface area contributed by atoms with Crippen molar-refractivity contribution >= 4 is 5.91 Å². The first kappa shape index (κ1) is 20.8. The van der Waals surface area contributed by atoms with Crippen LogP contribution in [0.3, 0.4) is 0 Å². The number of rotatable bonds is 7. The summed E-state index contributed by atoms with van der Waals surface area (Å²) in [7, 11) is 1.72. The Kier molecular flexibility index (Phi) is 6.11. The van der Waals surface area contributed by atoms with E-state index in [0.29, 0.717) is 13.0 Å². The van der Waals surface area contributed by atoms with Crippen LogP contribution in [0.2, 0.25) is 0 Å². The normalized spacial score (nSPS) is 12.5. The summed E-state index contributed by atoms with van der Waals surface area (Å²) in [4.78, 5) is 34.6. The van der Waals surface area contributed by atoms with Gasteiger partial charge in [0.1, 0.15) is 12.4 Å². The molecular weight excluding hydrogens is 392 g/mol. The second-order valence-electron chi connectivity index (χ2n) is 7.75. The van der Waals surface area contributed by atoms with Gasteiger partial charge in [-0.2, -0.15) is 0 Å². The Morgan fingerprint density at radius 2 is 1.97 bits per heavy atom. The summed E-state index contributed by atoms with van der Waals surface area (Å²) in [5, 5.41) is 2.88. The molecule has 0 bridgehead atoms. The van der Waals surface area contributed by atoms with E-state index in [4.69, 9.17) is 4.74 Å². The van der Waals surface area contributed by atoms with Gasteiger partial charge in [0.05, 0.1) is 0 Å². The molecule has 31 heavy (non-hydrogen) atoms. The maximum absolute atomic E-state index is 12.9. The SMILES string of the molecule is Cc1nc(CCNC(=O)c2c(OCc3ccccc3)c(=O)ccn2C)nc2c1CCC2. The van der Waals surface area contributed by atoms with Crippen molar-refractivity contribution in [3.8, 4) is 5.75 Å². The van der Waals surface area contributed by atoms with Gasteiger partial charge in [0.25, 0.3) is 5.91 Å². The molecule has 1 N–H and O–H groups in total. The van der Waals surface area contributed by atoms with Gasteiger partial charge in [-0.1, -0.05) is 30.3 Å². The molecule has 0 fully saturated rings. The molecule has 3 aromatic rings. The summed E-state index contributed by atoms with van der Waals surface area (Å²) in [6.07, 6.45) is 5.26. The van der Waals surface area contributed by atoms with E-state index in [0.717, 1.165) is 42.0 Å². The molecule has 0 atom stereocenters. The predicted octanol–water partition coefficient (Wildman–Crippen LogP) is 2.52. The molecule has 2 heterocycles. The lowest BCUT2D eigenvalue weighted by molar-refractivity contribution is 0.0939. The number of nitrogens with one attached hydrogen (secondary N) is 1. The van der Waals surface area contributed by atoms with Crippen molar-refractivity contribution in [3.05, 3.63) is 86.9 Å². The second-order valence-corrected chi connectivity index (χ2v) is 7.75. The average molecular weight is 418 g/mol. The number of nitrogens with zero attached hydrogens (tertiary/aromatic N) is 3. The van der Waals surface area contributed by atoms with Crippen molar-refractivity contribution in [3.63, 3.8) is 0 Å². The Labute approximate surface area is 181 Å². The zero-order valence-corrected chi connectivity index (χ0v) is 17.9. The Balaban J connectivity index is 1.45. The van der Waals surface area contributed by atoms with Crippen molar-refractivity contribution < 1.29 is 9.53 Å². The molecule has 0 aliphatic heterocycles. The zero-order valence-electron chi connectivity index (χ0n) is 17.9. The molecule has 0 spiro atoms. The summed E-state index contributed by atoms with van der Waals surface area (Å²) >= 11 is 0. The maximum atomic E-state index is 12.9. The zero-order chi connectivity index (χ0) is 21.8. The summed E-state index contributed by atoms with van der Waals surface area (Å²) in [5.41, 5.74) is 4.24. The number of fused-ring (bicyclic) bond motifs is 1. The van der Waals surface area contributed by atoms with Crippen LogP contribution >= 0.6 is 0 Å². The fourth-order valence-corrected chi connectivity index (χ4v) is 3.91. The van der Waals surface area contributed by atoms with E-state index in [2.05, 4.69) is 15.3 Å². The van der Waals surface area contributed by atoms with E-state index < -0.39 is 0 Å². The van der Waals surface area contributed by atoms with Crippen molar-refractivity contribution in [1.82, 2.24) is 19.9 Å². The minimum Gasteiger partial charge on any atom is -0.483 e. The van der Waals surface area contributed by atoms with E-state index in [-0.39, 0.29) is 29.4 Å². The second kappa shape index (κ2) is 9.12. The summed E-state index contributed by atoms with van der Waals surface area (Å²) in [6, 6.07) is 10.9. The van der Waals surface area contributed by atoms with Gasteiger partial charge in [-0.25, -0.2) is 9.97 Å². The van der Waals surface area contributed by atoms with E-state index in [1.165, 1.54) is 11.6 Å². The largest absolute Gasteiger partial charge is 0.483 e. The van der Waals surface area contributed by atoms with Crippen LogP contribution in [0.25, 0.3) is 0 Å². The lowest BCUT2D eigenvalue weighted by atomic mass is 10.2. The van der Waals surface area contributed by atoms with Gasteiger partial charge in [-0.3, -0.25) is 9.59 Å². The van der Waals surface area contributed by atoms with Crippen molar-refractivity contribution in [1.29, 1.82) is 0 Å². The van der Waals surface area contributed by atoms with Gasteiger partial charge in [0.2, 0.25) is 5.43 Å². The first-order valence-electron chi connectivity index (χ1n) is 10.5. The van der Waals surface area contributed by atoms with Gasteiger partial charge in [0, 0.05) is 43.7 Å². The van der Waals surface area contributed by atoms with Crippen LogP contribution in [0.15, 0.2) is 47.4 Å². The van der Waals surface area contributed by atoms with Crippen molar-refractivity contribution in [2.45, 2.75) is 39.2 Å². The van der Waals surface area contributed by atoms with Crippen LogP contribution in [0.5, 0.6) is 5.75 Å². The number of benzene rings is 1. The third-order valence-electron chi connectivity index (χ3n) is 5.50. The Morgan fingerprint density at radius 3 is 2.77 bits per heavy atom. The lowest BCUT2D eigenvalue weighted by Crippen LogP contribution is -2.31. The molecule has 160 valence electrons. The highest BCUT2D eigenvalue weighted by Gasteiger charge is 2.20. The number of carbonyl (C=O) groups excluding carboxylic acids is 1. The third kappa shape index (κ3) is 4.66. The van der Waals surface area contributed by atoms with Crippen LogP contribution in [-0.4, -0.2) is 27.0 Å². The molecule has 1 aliphatic rings. The number of hydrogen-bond donors (Lipinski definition) is 1. The standard InChI is InChI=1S/C24H26N4O3/c1-16-18-9-6-10-19(18)27-21(26-16)11-13-25-24(30)22-23(20(29)12-14-28(22)2)31-15-17-7-4-3-5-8-17/h3-5,7-8,12,14H,6,9-11,13,15H2,1-2H3,(H,25,30). The molecule has 0 saturated carbocycles. The number of pyridine rings is 1. The van der Waals surface area contributed by atoms with Crippen LogP contribution < -0.4 is 15.5 Å². The van der Waals surface area contributed by atoms with Crippen LogP contribution in [0, 0.1) is 6.92 Å². The molecule has 0 saturated heterocycles. The average Bonchev–Trinajstić information content (AvgIpc) is 3.24. The number of hydrogen-bond acceptors (Lipinski definition) is 5. The third-order valence-corrected chi connectivity index (χ3v) is 5.50. The van der Waals surface area contributed by atoms with Gasteiger partial charge in [0.15, 0.2) is 11.4 Å². The number of carbonyl (C=O) groups is 1. The Morgan fingerprint density at radius 1 is 1.16 bits per heavy atom. The number of aromatic nitrogens is 3. The van der Waals surface area contributed by atoms with E-state index in [1.807, 2.05) is 37.3 Å². The number of aryl methyl sites for hydroxylation is 3. The van der Waals surface area contributed by atoms with Gasteiger partial charge in [-0.15, -0.1) is 0 Å². The molecule has 1 aromatic carbocycles. The monoisotopic (exact) mass is 418 g/mol. The topological polar surface area (TPSA) is 86.1 Å². The number of ether oxygens (including phenoxy) is 1. The van der Waals surface area contributed by atoms with Crippen molar-refractivity contribution in [2.24, 2.45) is 7.05 Å². The molecule has 4 rings (SSSR count). The molecule has 1 amide bonds. The Hall–Kier alpha value is -3.48. The minimum atomic E-state index is -0.360. The maximum Gasteiger partial charge on any atom is 0.271 e. The molecule has 2 aromatic heterocycles.